The number of aromatic nitrogens is 5. The van der Waals surface area contributed by atoms with E-state index in [4.69, 9.17) is 15.0 Å². The Kier molecular flexibility index (Phi) is 6.83. The van der Waals surface area contributed by atoms with Crippen molar-refractivity contribution in [1.82, 2.24) is 24.1 Å². The summed E-state index contributed by atoms with van der Waals surface area (Å²) in [6.07, 6.45) is 24.3. The second kappa shape index (κ2) is 11.8. The minimum absolute atomic E-state index is 0.632. The number of benzene rings is 4. The molecular weight excluding hydrogens is 611 g/mol. The molecule has 0 unspecified atom stereocenters. The molecule has 0 aliphatic heterocycles. The predicted molar refractivity (Wildman–Crippen MR) is 207 cm³/mol. The van der Waals surface area contributed by atoms with Crippen molar-refractivity contribution in [3.8, 4) is 17.3 Å². The first-order valence-corrected chi connectivity index (χ1v) is 17.7. The molecule has 4 aromatic carbocycles. The molecule has 0 amide bonds. The van der Waals surface area contributed by atoms with Gasteiger partial charge in [-0.2, -0.15) is 9.97 Å². The van der Waals surface area contributed by atoms with E-state index >= 15 is 0 Å². The van der Waals surface area contributed by atoms with E-state index in [-0.39, 0.29) is 0 Å². The highest BCUT2D eigenvalue weighted by Crippen LogP contribution is 2.43. The number of nitrogens with zero attached hydrogens (tertiary/aromatic N) is 5. The van der Waals surface area contributed by atoms with E-state index in [1.807, 2.05) is 18.2 Å². The molecule has 7 aromatic rings. The number of fused-ring (bicyclic) bond motifs is 7. The highest BCUT2D eigenvalue weighted by atomic mass is 15.2. The van der Waals surface area contributed by atoms with Gasteiger partial charge < -0.3 is 4.57 Å². The summed E-state index contributed by atoms with van der Waals surface area (Å²) in [5.41, 5.74) is 10.8. The van der Waals surface area contributed by atoms with Crippen LogP contribution in [0.5, 0.6) is 0 Å². The van der Waals surface area contributed by atoms with Gasteiger partial charge in [0.25, 0.3) is 0 Å². The van der Waals surface area contributed by atoms with Crippen LogP contribution in [-0.2, 0) is 0 Å². The largest absolute Gasteiger partial charge is 0.307 e. The maximum Gasteiger partial charge on any atom is 0.238 e. The van der Waals surface area contributed by atoms with E-state index in [1.165, 1.54) is 49.4 Å². The van der Waals surface area contributed by atoms with Crippen molar-refractivity contribution in [2.24, 2.45) is 0 Å². The number of hydrogen-bond donors (Lipinski definition) is 0. The minimum Gasteiger partial charge on any atom is -0.307 e. The zero-order valence-corrected chi connectivity index (χ0v) is 27.8. The molecule has 5 heteroatoms. The van der Waals surface area contributed by atoms with Crippen molar-refractivity contribution in [2.75, 3.05) is 0 Å². The summed E-state index contributed by atoms with van der Waals surface area (Å²) >= 11 is 0. The fourth-order valence-electron chi connectivity index (χ4n) is 8.05. The van der Waals surface area contributed by atoms with Gasteiger partial charge in [-0.3, -0.25) is 4.57 Å². The van der Waals surface area contributed by atoms with Crippen molar-refractivity contribution in [3.63, 3.8) is 0 Å². The molecule has 0 radical (unpaired) electrons. The standard InChI is InChI=1S/C45H35N5/c1-4-15-30(16-5-1)33-21-14-22-34(29-33)49-39-25-12-10-23-35(39)37-27-28-38-36-24-11-13-26-40(36)50(42(38)41(37)49)45-47-43(31-17-6-2-7-18-31)46-44(48-45)32-19-8-3-9-20-32/h1-4,6-8,10-13,15,17-19,22-29H,5,9,14,16,20-21H2. The van der Waals surface area contributed by atoms with Crippen molar-refractivity contribution in [2.45, 2.75) is 38.5 Å². The van der Waals surface area contributed by atoms with Gasteiger partial charge in [-0.25, -0.2) is 4.98 Å². The zero-order chi connectivity index (χ0) is 33.0. The Labute approximate surface area is 290 Å². The van der Waals surface area contributed by atoms with Crippen LogP contribution >= 0.6 is 0 Å². The second-order valence-corrected chi connectivity index (χ2v) is 13.4. The quantitative estimate of drug-likeness (QED) is 0.187. The third-order valence-corrected chi connectivity index (χ3v) is 10.4. The molecule has 0 atom stereocenters. The monoisotopic (exact) mass is 645 g/mol. The normalized spacial score (nSPS) is 16.2. The first kappa shape index (κ1) is 28.9. The van der Waals surface area contributed by atoms with E-state index in [2.05, 4.69) is 131 Å². The van der Waals surface area contributed by atoms with Crippen molar-refractivity contribution >= 4 is 54.9 Å². The summed E-state index contributed by atoms with van der Waals surface area (Å²) in [5.74, 6) is 2.04. The molecule has 3 aromatic heterocycles. The summed E-state index contributed by atoms with van der Waals surface area (Å²) in [4.78, 5) is 15.6. The Bertz CT molecular complexity index is 2690. The summed E-state index contributed by atoms with van der Waals surface area (Å²) in [6, 6.07) is 32.4. The summed E-state index contributed by atoms with van der Waals surface area (Å²) in [6.45, 7) is 0. The fraction of sp³-hybridized carbons (Fsp3) is 0.133. The topological polar surface area (TPSA) is 48.5 Å². The van der Waals surface area contributed by atoms with Gasteiger partial charge in [0.05, 0.1) is 22.1 Å². The molecule has 0 saturated heterocycles. The molecule has 240 valence electrons. The molecule has 3 heterocycles. The van der Waals surface area contributed by atoms with Crippen molar-refractivity contribution < 1.29 is 0 Å². The van der Waals surface area contributed by atoms with E-state index in [1.54, 1.807) is 0 Å². The lowest BCUT2D eigenvalue weighted by molar-refractivity contribution is 0.894. The molecule has 0 fully saturated rings. The molecule has 0 N–H and O–H groups in total. The predicted octanol–water partition coefficient (Wildman–Crippen LogP) is 11.3. The Hall–Kier alpha value is -6.07. The smallest absolute Gasteiger partial charge is 0.238 e. The Morgan fingerprint density at radius 3 is 1.78 bits per heavy atom. The van der Waals surface area contributed by atoms with Crippen LogP contribution in [0.15, 0.2) is 151 Å². The summed E-state index contributed by atoms with van der Waals surface area (Å²) in [7, 11) is 0. The lowest BCUT2D eigenvalue weighted by Gasteiger charge is -2.20. The summed E-state index contributed by atoms with van der Waals surface area (Å²) < 4.78 is 4.79. The third-order valence-electron chi connectivity index (χ3n) is 10.4. The van der Waals surface area contributed by atoms with Gasteiger partial charge in [0, 0.05) is 32.8 Å². The van der Waals surface area contributed by atoms with Crippen LogP contribution in [0.25, 0.3) is 72.2 Å². The van der Waals surface area contributed by atoms with Crippen LogP contribution in [0.2, 0.25) is 0 Å². The zero-order valence-electron chi connectivity index (χ0n) is 27.8. The average Bonchev–Trinajstić information content (AvgIpc) is 3.72. The van der Waals surface area contributed by atoms with Gasteiger partial charge in [0.15, 0.2) is 11.6 Å². The maximum absolute atomic E-state index is 5.29. The van der Waals surface area contributed by atoms with Gasteiger partial charge in [0.2, 0.25) is 5.95 Å². The van der Waals surface area contributed by atoms with E-state index in [0.29, 0.717) is 11.8 Å². The first-order chi connectivity index (χ1) is 24.8. The molecule has 3 aliphatic rings. The van der Waals surface area contributed by atoms with Gasteiger partial charge in [-0.1, -0.05) is 121 Å². The summed E-state index contributed by atoms with van der Waals surface area (Å²) in [5, 5.41) is 4.82. The maximum atomic E-state index is 5.29. The van der Waals surface area contributed by atoms with Gasteiger partial charge in [0.1, 0.15) is 0 Å². The molecule has 0 spiro atoms. The lowest BCUT2D eigenvalue weighted by atomic mass is 9.91. The molecular formula is C45H35N5. The van der Waals surface area contributed by atoms with Gasteiger partial charge >= 0.3 is 0 Å². The van der Waals surface area contributed by atoms with Crippen LogP contribution in [0.4, 0.5) is 0 Å². The van der Waals surface area contributed by atoms with E-state index in [9.17, 15) is 0 Å². The van der Waals surface area contributed by atoms with Gasteiger partial charge in [-0.05, 0) is 73.5 Å². The molecule has 5 nitrogen and oxygen atoms in total. The van der Waals surface area contributed by atoms with E-state index in [0.717, 1.165) is 66.5 Å². The lowest BCUT2D eigenvalue weighted by Crippen LogP contribution is -2.09. The van der Waals surface area contributed by atoms with Crippen LogP contribution in [0.1, 0.15) is 44.3 Å². The van der Waals surface area contributed by atoms with Crippen molar-refractivity contribution in [1.29, 1.82) is 0 Å². The molecule has 0 bridgehead atoms. The Morgan fingerprint density at radius 2 is 1.08 bits per heavy atom. The number of allylic oxidation sites excluding steroid dienone is 12. The Balaban J connectivity index is 1.32. The highest BCUT2D eigenvalue weighted by molar-refractivity contribution is 6.24. The van der Waals surface area contributed by atoms with E-state index < -0.39 is 0 Å². The SMILES string of the molecule is C1=CCCC(C2=CC(n3c4ccccc4c4ccc5c6ccccc6n(-c6nc(C7=CC=CCC7)nc(-c7ccccc7)n6)c5c43)=CCC2)=C1. The first-order valence-electron chi connectivity index (χ1n) is 17.7. The minimum atomic E-state index is 0.632. The Morgan fingerprint density at radius 1 is 0.480 bits per heavy atom. The molecule has 50 heavy (non-hydrogen) atoms. The molecule has 3 aliphatic carbocycles. The number of rotatable bonds is 5. The number of hydrogen-bond acceptors (Lipinski definition) is 3. The second-order valence-electron chi connectivity index (χ2n) is 13.4. The highest BCUT2D eigenvalue weighted by Gasteiger charge is 2.24. The number of para-hydroxylation sites is 2. The van der Waals surface area contributed by atoms with Crippen LogP contribution < -0.4 is 0 Å². The van der Waals surface area contributed by atoms with Crippen LogP contribution in [0, 0.1) is 0 Å². The van der Waals surface area contributed by atoms with Gasteiger partial charge in [-0.15, -0.1) is 0 Å². The fourth-order valence-corrected chi connectivity index (χ4v) is 8.05. The van der Waals surface area contributed by atoms with Crippen LogP contribution in [-0.4, -0.2) is 24.1 Å². The molecule has 10 rings (SSSR count). The molecule has 0 saturated carbocycles. The van der Waals surface area contributed by atoms with Crippen molar-refractivity contribution in [3.05, 3.63) is 157 Å². The van der Waals surface area contributed by atoms with Crippen LogP contribution in [0.3, 0.4) is 0 Å². The third kappa shape index (κ3) is 4.65. The average molecular weight is 646 g/mol.